The van der Waals surface area contributed by atoms with Crippen molar-refractivity contribution in [3.8, 4) is 0 Å². The van der Waals surface area contributed by atoms with Crippen molar-refractivity contribution < 1.29 is 13.2 Å². The summed E-state index contributed by atoms with van der Waals surface area (Å²) >= 11 is 0. The number of carbonyl (C=O) groups excluding carboxylic acids is 1. The molecule has 0 bridgehead atoms. The summed E-state index contributed by atoms with van der Waals surface area (Å²) in [6.07, 6.45) is 1.37. The minimum Gasteiger partial charge on any atom is -0.330 e. The van der Waals surface area contributed by atoms with E-state index < -0.39 is 14.8 Å². The highest BCUT2D eigenvalue weighted by Gasteiger charge is 2.59. The van der Waals surface area contributed by atoms with E-state index in [9.17, 15) is 13.2 Å². The van der Waals surface area contributed by atoms with Gasteiger partial charge >= 0.3 is 0 Å². The highest BCUT2D eigenvalue weighted by Crippen LogP contribution is 2.34. The van der Waals surface area contributed by atoms with Crippen LogP contribution in [0.25, 0.3) is 0 Å². The molecule has 82 valence electrons. The van der Waals surface area contributed by atoms with Crippen molar-refractivity contribution in [3.05, 3.63) is 0 Å². The van der Waals surface area contributed by atoms with Crippen LogP contribution in [0.1, 0.15) is 26.7 Å². The molecular weight excluding hydrogens is 204 g/mol. The van der Waals surface area contributed by atoms with Gasteiger partial charge in [0.2, 0.25) is 0 Å². The molecule has 1 saturated heterocycles. The van der Waals surface area contributed by atoms with E-state index in [1.807, 2.05) is 0 Å². The fourth-order valence-corrected chi connectivity index (χ4v) is 2.94. The quantitative estimate of drug-likeness (QED) is 0.658. The van der Waals surface area contributed by atoms with Crippen LogP contribution in [-0.4, -0.2) is 36.5 Å². The van der Waals surface area contributed by atoms with E-state index in [-0.39, 0.29) is 12.5 Å². The van der Waals surface area contributed by atoms with E-state index in [1.54, 1.807) is 0 Å². The molecule has 0 aromatic heterocycles. The Morgan fingerprint density at radius 1 is 1.36 bits per heavy atom. The third-order valence-electron chi connectivity index (χ3n) is 2.49. The second kappa shape index (κ2) is 3.51. The number of nitrogens with zero attached hydrogens (tertiary/aromatic N) is 1. The standard InChI is InChI=1S/C8H16N2O3S/c1-8(2)7(11)10(14(8,12)13)6-4-3-5-9/h3-6,9H2,1-2H3. The van der Waals surface area contributed by atoms with Crippen LogP contribution in [0.4, 0.5) is 0 Å². The monoisotopic (exact) mass is 220 g/mol. The number of hydrogen-bond donors (Lipinski definition) is 1. The number of sulfonamides is 1. The Morgan fingerprint density at radius 3 is 2.36 bits per heavy atom. The number of unbranched alkanes of at least 4 members (excludes halogenated alkanes) is 1. The molecule has 2 N–H and O–H groups in total. The Balaban J connectivity index is 2.63. The molecule has 1 fully saturated rings. The first kappa shape index (κ1) is 11.5. The molecule has 5 nitrogen and oxygen atoms in total. The van der Waals surface area contributed by atoms with Gasteiger partial charge in [0.1, 0.15) is 0 Å². The molecule has 1 heterocycles. The molecule has 1 aliphatic rings. The minimum absolute atomic E-state index is 0.266. The summed E-state index contributed by atoms with van der Waals surface area (Å²) in [6.45, 7) is 3.65. The van der Waals surface area contributed by atoms with Crippen LogP contribution in [0.2, 0.25) is 0 Å². The summed E-state index contributed by atoms with van der Waals surface area (Å²) in [7, 11) is -3.39. The molecule has 0 aromatic carbocycles. The Labute approximate surface area is 84.3 Å². The first-order valence-electron chi connectivity index (χ1n) is 4.62. The van der Waals surface area contributed by atoms with Gasteiger partial charge in [-0.3, -0.25) is 4.79 Å². The Kier molecular flexibility index (Phi) is 2.87. The maximum Gasteiger partial charge on any atom is 0.258 e. The minimum atomic E-state index is -3.39. The molecule has 0 unspecified atom stereocenters. The molecule has 0 aromatic rings. The van der Waals surface area contributed by atoms with Crippen molar-refractivity contribution >= 4 is 15.9 Å². The molecule has 6 heteroatoms. The number of carbonyl (C=O) groups is 1. The SMILES string of the molecule is CC1(C)C(=O)N(CCCCN)S1(=O)=O. The smallest absolute Gasteiger partial charge is 0.258 e. The summed E-state index contributed by atoms with van der Waals surface area (Å²) in [5.41, 5.74) is 5.28. The molecule has 14 heavy (non-hydrogen) atoms. The third-order valence-corrected chi connectivity index (χ3v) is 4.88. The van der Waals surface area contributed by atoms with Gasteiger partial charge in [0.05, 0.1) is 0 Å². The lowest BCUT2D eigenvalue weighted by Gasteiger charge is -2.43. The molecule has 0 aliphatic carbocycles. The lowest BCUT2D eigenvalue weighted by atomic mass is 10.2. The van der Waals surface area contributed by atoms with E-state index in [1.165, 1.54) is 13.8 Å². The highest BCUT2D eigenvalue weighted by molar-refractivity contribution is 7.94. The van der Waals surface area contributed by atoms with Crippen molar-refractivity contribution in [2.75, 3.05) is 13.1 Å². The van der Waals surface area contributed by atoms with Gasteiger partial charge in [-0.1, -0.05) is 0 Å². The molecular formula is C8H16N2O3S. The molecule has 0 saturated carbocycles. The predicted molar refractivity (Wildman–Crippen MR) is 53.0 cm³/mol. The summed E-state index contributed by atoms with van der Waals surface area (Å²) in [4.78, 5) is 11.4. The van der Waals surface area contributed by atoms with E-state index in [2.05, 4.69) is 0 Å². The number of amides is 1. The van der Waals surface area contributed by atoms with E-state index in [0.29, 0.717) is 13.0 Å². The van der Waals surface area contributed by atoms with Crippen LogP contribution in [0, 0.1) is 0 Å². The Hall–Kier alpha value is -0.620. The Bertz CT molecular complexity index is 334. The fraction of sp³-hybridized carbons (Fsp3) is 0.875. The van der Waals surface area contributed by atoms with E-state index in [4.69, 9.17) is 5.73 Å². The molecule has 0 atom stereocenters. The van der Waals surface area contributed by atoms with Crippen LogP contribution in [0.15, 0.2) is 0 Å². The highest BCUT2D eigenvalue weighted by atomic mass is 32.2. The van der Waals surface area contributed by atoms with Gasteiger partial charge in [-0.25, -0.2) is 12.7 Å². The topological polar surface area (TPSA) is 80.5 Å². The number of nitrogens with two attached hydrogens (primary N) is 1. The first-order valence-corrected chi connectivity index (χ1v) is 6.06. The summed E-state index contributed by atoms with van der Waals surface area (Å²) in [5, 5.41) is 0. The first-order chi connectivity index (χ1) is 6.35. The van der Waals surface area contributed by atoms with Gasteiger partial charge in [-0.05, 0) is 33.2 Å². The Morgan fingerprint density at radius 2 is 1.93 bits per heavy atom. The largest absolute Gasteiger partial charge is 0.330 e. The molecule has 0 radical (unpaired) electrons. The van der Waals surface area contributed by atoms with Gasteiger partial charge in [0.25, 0.3) is 15.9 Å². The van der Waals surface area contributed by atoms with Gasteiger partial charge < -0.3 is 5.73 Å². The number of hydrogen-bond acceptors (Lipinski definition) is 4. The van der Waals surface area contributed by atoms with Gasteiger partial charge in [0.15, 0.2) is 4.75 Å². The van der Waals surface area contributed by atoms with Crippen molar-refractivity contribution in [3.63, 3.8) is 0 Å². The molecule has 0 spiro atoms. The maximum atomic E-state index is 11.5. The fourth-order valence-electron chi connectivity index (χ4n) is 1.38. The second-order valence-corrected chi connectivity index (χ2v) is 6.30. The average Bonchev–Trinajstić information content (AvgIpc) is 2.11. The molecule has 1 rings (SSSR count). The third kappa shape index (κ3) is 1.42. The lowest BCUT2D eigenvalue weighted by Crippen LogP contribution is -2.67. The zero-order valence-corrected chi connectivity index (χ0v) is 9.30. The summed E-state index contributed by atoms with van der Waals surface area (Å²) in [5.74, 6) is -0.311. The van der Waals surface area contributed by atoms with Crippen molar-refractivity contribution in [2.24, 2.45) is 5.73 Å². The second-order valence-electron chi connectivity index (χ2n) is 3.89. The average molecular weight is 220 g/mol. The van der Waals surface area contributed by atoms with Crippen LogP contribution in [0.3, 0.4) is 0 Å². The summed E-state index contributed by atoms with van der Waals surface area (Å²) < 4.78 is 22.8. The lowest BCUT2D eigenvalue weighted by molar-refractivity contribution is -0.132. The molecule has 1 aliphatic heterocycles. The van der Waals surface area contributed by atoms with Crippen molar-refractivity contribution in [2.45, 2.75) is 31.4 Å². The van der Waals surface area contributed by atoms with Crippen LogP contribution in [0.5, 0.6) is 0 Å². The van der Waals surface area contributed by atoms with Crippen LogP contribution in [-0.2, 0) is 14.8 Å². The zero-order chi connectivity index (χ0) is 11.0. The number of rotatable bonds is 4. The maximum absolute atomic E-state index is 11.5. The van der Waals surface area contributed by atoms with Crippen LogP contribution < -0.4 is 5.73 Å². The van der Waals surface area contributed by atoms with Crippen LogP contribution >= 0.6 is 0 Å². The van der Waals surface area contributed by atoms with E-state index in [0.717, 1.165) is 10.7 Å². The van der Waals surface area contributed by atoms with Gasteiger partial charge in [-0.15, -0.1) is 0 Å². The zero-order valence-electron chi connectivity index (χ0n) is 8.49. The normalized spacial score (nSPS) is 23.4. The van der Waals surface area contributed by atoms with Crippen molar-refractivity contribution in [1.29, 1.82) is 0 Å². The van der Waals surface area contributed by atoms with Gasteiger partial charge in [0, 0.05) is 6.54 Å². The van der Waals surface area contributed by atoms with Crippen molar-refractivity contribution in [1.82, 2.24) is 4.31 Å². The summed E-state index contributed by atoms with van der Waals surface area (Å²) in [6, 6.07) is 0. The molecule has 1 amide bonds. The van der Waals surface area contributed by atoms with Gasteiger partial charge in [-0.2, -0.15) is 0 Å². The van der Waals surface area contributed by atoms with E-state index >= 15 is 0 Å². The predicted octanol–water partition coefficient (Wildman–Crippen LogP) is -0.324.